The van der Waals surface area contributed by atoms with Crippen molar-refractivity contribution in [2.75, 3.05) is 26.2 Å². The van der Waals surface area contributed by atoms with E-state index in [4.69, 9.17) is 0 Å². The number of hydrazone groups is 1. The van der Waals surface area contributed by atoms with Crippen LogP contribution in [0.2, 0.25) is 0 Å². The lowest BCUT2D eigenvalue weighted by Gasteiger charge is -2.33. The fraction of sp³-hybridized carbons (Fsp3) is 0.316. The molecule has 0 amide bonds. The first-order valence-electron chi connectivity index (χ1n) is 8.43. The lowest BCUT2D eigenvalue weighted by atomic mass is 10.1. The number of non-ortho nitro benzene ring substituents is 1. The van der Waals surface area contributed by atoms with E-state index >= 15 is 0 Å². The van der Waals surface area contributed by atoms with E-state index in [0.717, 1.165) is 44.0 Å². The van der Waals surface area contributed by atoms with Crippen LogP contribution in [0.5, 0.6) is 0 Å². The van der Waals surface area contributed by atoms with Gasteiger partial charge in [0.15, 0.2) is 0 Å². The Balaban J connectivity index is 1.55. The number of hydrogen-bond donors (Lipinski definition) is 0. The first-order chi connectivity index (χ1) is 12.1. The Morgan fingerprint density at radius 3 is 2.28 bits per heavy atom. The van der Waals surface area contributed by atoms with E-state index in [1.54, 1.807) is 12.1 Å². The molecule has 6 nitrogen and oxygen atoms in total. The van der Waals surface area contributed by atoms with E-state index in [1.165, 1.54) is 17.7 Å². The summed E-state index contributed by atoms with van der Waals surface area (Å²) in [5, 5.41) is 17.5. The summed E-state index contributed by atoms with van der Waals surface area (Å²) >= 11 is 0. The predicted molar refractivity (Wildman–Crippen MR) is 98.6 cm³/mol. The third-order valence-electron chi connectivity index (χ3n) is 4.39. The molecule has 0 aromatic heterocycles. The zero-order valence-corrected chi connectivity index (χ0v) is 14.3. The Morgan fingerprint density at radius 1 is 1.04 bits per heavy atom. The third-order valence-corrected chi connectivity index (χ3v) is 4.39. The largest absolute Gasteiger partial charge is 0.295 e. The minimum Gasteiger partial charge on any atom is -0.295 e. The quantitative estimate of drug-likeness (QED) is 0.477. The molecule has 2 aromatic carbocycles. The maximum atomic E-state index is 10.7. The van der Waals surface area contributed by atoms with Crippen LogP contribution in [0, 0.1) is 10.1 Å². The van der Waals surface area contributed by atoms with Crippen LogP contribution in [-0.2, 0) is 6.54 Å². The van der Waals surface area contributed by atoms with Gasteiger partial charge in [-0.05, 0) is 30.2 Å². The number of benzene rings is 2. The number of piperazine rings is 1. The average molecular weight is 338 g/mol. The predicted octanol–water partition coefficient (Wildman–Crippen LogP) is 3.14. The second-order valence-electron chi connectivity index (χ2n) is 6.20. The highest BCUT2D eigenvalue weighted by Crippen LogP contribution is 2.14. The first kappa shape index (κ1) is 17.1. The van der Waals surface area contributed by atoms with Crippen LogP contribution < -0.4 is 0 Å². The van der Waals surface area contributed by atoms with Crippen molar-refractivity contribution in [2.45, 2.75) is 13.5 Å². The smallest absolute Gasteiger partial charge is 0.269 e. The van der Waals surface area contributed by atoms with E-state index in [9.17, 15) is 10.1 Å². The fourth-order valence-corrected chi connectivity index (χ4v) is 2.93. The van der Waals surface area contributed by atoms with Gasteiger partial charge in [-0.15, -0.1) is 0 Å². The van der Waals surface area contributed by atoms with Gasteiger partial charge in [0, 0.05) is 44.9 Å². The summed E-state index contributed by atoms with van der Waals surface area (Å²) in [7, 11) is 0. The first-order valence-corrected chi connectivity index (χ1v) is 8.43. The summed E-state index contributed by atoms with van der Waals surface area (Å²) < 4.78 is 0. The van der Waals surface area contributed by atoms with E-state index in [0.29, 0.717) is 0 Å². The molecule has 2 aromatic rings. The third kappa shape index (κ3) is 4.64. The summed E-state index contributed by atoms with van der Waals surface area (Å²) in [6, 6.07) is 17.0. The van der Waals surface area contributed by atoms with Crippen LogP contribution in [0.3, 0.4) is 0 Å². The summed E-state index contributed by atoms with van der Waals surface area (Å²) in [5.74, 6) is 0. The number of nitro benzene ring substituents is 1. The Hall–Kier alpha value is -2.73. The Kier molecular flexibility index (Phi) is 5.40. The molecule has 0 N–H and O–H groups in total. The summed E-state index contributed by atoms with van der Waals surface area (Å²) in [6.45, 7) is 6.64. The van der Waals surface area contributed by atoms with Crippen molar-refractivity contribution in [1.82, 2.24) is 9.91 Å². The Morgan fingerprint density at radius 2 is 1.68 bits per heavy atom. The summed E-state index contributed by atoms with van der Waals surface area (Å²) in [5.41, 5.74) is 3.23. The van der Waals surface area contributed by atoms with Gasteiger partial charge in [0.1, 0.15) is 0 Å². The summed E-state index contributed by atoms with van der Waals surface area (Å²) in [4.78, 5) is 12.8. The van der Waals surface area contributed by atoms with Gasteiger partial charge in [0.05, 0.1) is 10.6 Å². The summed E-state index contributed by atoms with van der Waals surface area (Å²) in [6.07, 6.45) is 0. The lowest BCUT2D eigenvalue weighted by molar-refractivity contribution is -0.384. The van der Waals surface area contributed by atoms with Crippen LogP contribution in [0.4, 0.5) is 5.69 Å². The minimum atomic E-state index is -0.387. The number of nitro groups is 1. The van der Waals surface area contributed by atoms with Gasteiger partial charge in [0.25, 0.3) is 5.69 Å². The van der Waals surface area contributed by atoms with Crippen molar-refractivity contribution in [3.05, 3.63) is 75.8 Å². The molecule has 1 saturated heterocycles. The molecule has 3 rings (SSSR count). The monoisotopic (exact) mass is 338 g/mol. The van der Waals surface area contributed by atoms with Crippen molar-refractivity contribution in [3.8, 4) is 0 Å². The van der Waals surface area contributed by atoms with E-state index in [-0.39, 0.29) is 10.6 Å². The molecule has 0 bridgehead atoms. The lowest BCUT2D eigenvalue weighted by Crippen LogP contribution is -2.43. The molecule has 6 heteroatoms. The van der Waals surface area contributed by atoms with Gasteiger partial charge in [-0.2, -0.15) is 5.10 Å². The van der Waals surface area contributed by atoms with E-state index in [1.807, 2.05) is 13.0 Å². The van der Waals surface area contributed by atoms with Gasteiger partial charge >= 0.3 is 0 Å². The fourth-order valence-electron chi connectivity index (χ4n) is 2.93. The minimum absolute atomic E-state index is 0.103. The molecule has 130 valence electrons. The van der Waals surface area contributed by atoms with Gasteiger partial charge in [-0.1, -0.05) is 30.3 Å². The highest BCUT2D eigenvalue weighted by molar-refractivity contribution is 5.98. The standard InChI is InChI=1S/C19H22N4O2/c1-16(18-7-9-19(10-8-18)23(24)25)20-22-13-11-21(12-14-22)15-17-5-3-2-4-6-17/h2-10H,11-15H2,1H3/b20-16-. The van der Waals surface area contributed by atoms with Crippen molar-refractivity contribution >= 4 is 11.4 Å². The molecule has 0 aliphatic carbocycles. The van der Waals surface area contributed by atoms with Crippen molar-refractivity contribution in [1.29, 1.82) is 0 Å². The number of nitrogens with zero attached hydrogens (tertiary/aromatic N) is 4. The molecule has 0 spiro atoms. The van der Waals surface area contributed by atoms with Crippen LogP contribution in [-0.4, -0.2) is 46.7 Å². The number of rotatable bonds is 5. The molecule has 0 radical (unpaired) electrons. The highest BCUT2D eigenvalue weighted by atomic mass is 16.6. The molecule has 0 unspecified atom stereocenters. The van der Waals surface area contributed by atoms with Crippen molar-refractivity contribution < 1.29 is 4.92 Å². The molecule has 25 heavy (non-hydrogen) atoms. The van der Waals surface area contributed by atoms with Gasteiger partial charge in [-0.3, -0.25) is 20.0 Å². The average Bonchev–Trinajstić information content (AvgIpc) is 2.64. The molecule has 0 atom stereocenters. The van der Waals surface area contributed by atoms with Crippen molar-refractivity contribution in [3.63, 3.8) is 0 Å². The normalized spacial score (nSPS) is 16.0. The Labute approximate surface area is 147 Å². The van der Waals surface area contributed by atoms with Gasteiger partial charge < -0.3 is 0 Å². The van der Waals surface area contributed by atoms with Crippen LogP contribution >= 0.6 is 0 Å². The Bertz CT molecular complexity index is 736. The second kappa shape index (κ2) is 7.90. The molecule has 1 aliphatic heterocycles. The van der Waals surface area contributed by atoms with E-state index in [2.05, 4.69) is 39.3 Å². The zero-order valence-electron chi connectivity index (χ0n) is 14.3. The van der Waals surface area contributed by atoms with E-state index < -0.39 is 0 Å². The van der Waals surface area contributed by atoms with Crippen LogP contribution in [0.15, 0.2) is 59.7 Å². The molecule has 1 heterocycles. The number of hydrogen-bond acceptors (Lipinski definition) is 5. The SMILES string of the molecule is C/C(=N/N1CCN(Cc2ccccc2)CC1)c1ccc([N+](=O)[O-])cc1. The highest BCUT2D eigenvalue weighted by Gasteiger charge is 2.16. The van der Waals surface area contributed by atoms with Gasteiger partial charge in [-0.25, -0.2) is 0 Å². The maximum absolute atomic E-state index is 10.7. The molecule has 1 aliphatic rings. The molecular weight excluding hydrogens is 316 g/mol. The zero-order chi connectivity index (χ0) is 17.6. The van der Waals surface area contributed by atoms with Crippen LogP contribution in [0.1, 0.15) is 18.1 Å². The molecule has 1 fully saturated rings. The van der Waals surface area contributed by atoms with Crippen molar-refractivity contribution in [2.24, 2.45) is 5.10 Å². The van der Waals surface area contributed by atoms with Crippen LogP contribution in [0.25, 0.3) is 0 Å². The topological polar surface area (TPSA) is 62.0 Å². The maximum Gasteiger partial charge on any atom is 0.269 e. The second-order valence-corrected chi connectivity index (χ2v) is 6.20. The molecular formula is C19H22N4O2. The molecule has 0 saturated carbocycles. The van der Waals surface area contributed by atoms with Gasteiger partial charge in [0.2, 0.25) is 0 Å².